The van der Waals surface area contributed by atoms with Crippen molar-refractivity contribution in [3.63, 3.8) is 0 Å². The van der Waals surface area contributed by atoms with E-state index in [2.05, 4.69) is 6.92 Å². The molecule has 0 heterocycles. The molecule has 0 atom stereocenters. The van der Waals surface area contributed by atoms with E-state index in [1.807, 2.05) is 0 Å². The minimum atomic E-state index is 0. The van der Waals surface area contributed by atoms with Gasteiger partial charge in [-0.3, -0.25) is 0 Å². The van der Waals surface area contributed by atoms with E-state index >= 15 is 0 Å². The Kier molecular flexibility index (Phi) is 19.2. The maximum atomic E-state index is 4.97. The molecule has 0 rings (SSSR count). The third-order valence-electron chi connectivity index (χ3n) is 1.95. The number of methoxy groups -OCH3 is 1. The van der Waals surface area contributed by atoms with Gasteiger partial charge in [-0.25, -0.2) is 0 Å². The van der Waals surface area contributed by atoms with Gasteiger partial charge in [-0.15, -0.1) is 0 Å². The first-order chi connectivity index (χ1) is 5.41. The summed E-state index contributed by atoms with van der Waals surface area (Å²) in [6.45, 7) is 3.19. The van der Waals surface area contributed by atoms with Gasteiger partial charge < -0.3 is 7.59 Å². The summed E-state index contributed by atoms with van der Waals surface area (Å²) in [5, 5.41) is 0. The molecule has 0 saturated heterocycles. The molecule has 2 heteroatoms. The Morgan fingerprint density at radius 2 is 1.42 bits per heavy atom. The summed E-state index contributed by atoms with van der Waals surface area (Å²) in [6.07, 6.45) is 9.56. The molecule has 0 bridgehead atoms. The number of unbranched alkanes of at least 4 members (excludes halogenated alkanes) is 6. The first-order valence-electron chi connectivity index (χ1n) is 4.90. The Morgan fingerprint density at radius 3 is 1.92 bits per heavy atom. The molecule has 1 nitrogen and oxygen atoms in total. The van der Waals surface area contributed by atoms with E-state index in [9.17, 15) is 0 Å². The molecule has 0 aliphatic heterocycles. The summed E-state index contributed by atoms with van der Waals surface area (Å²) < 4.78 is 4.97. The average Bonchev–Trinajstić information content (AvgIpc) is 2.03. The van der Waals surface area contributed by atoms with Gasteiger partial charge in [0.05, 0.1) is 0 Å². The van der Waals surface area contributed by atoms with Gasteiger partial charge >= 0.3 is 37.7 Å². The van der Waals surface area contributed by atoms with Gasteiger partial charge in [-0.1, -0.05) is 45.4 Å². The molecule has 0 aromatic heterocycles. The van der Waals surface area contributed by atoms with E-state index in [1.165, 1.54) is 44.9 Å². The van der Waals surface area contributed by atoms with Crippen LogP contribution in [0, 0.1) is 0 Å². The fourth-order valence-electron chi connectivity index (χ4n) is 1.20. The van der Waals surface area contributed by atoms with Crippen LogP contribution in [0.2, 0.25) is 0 Å². The topological polar surface area (TPSA) is 9.23 Å². The van der Waals surface area contributed by atoms with Crippen molar-refractivity contribution in [2.75, 3.05) is 13.7 Å². The molecular formula is C10H24CaO. The zero-order chi connectivity index (χ0) is 8.36. The Morgan fingerprint density at radius 1 is 0.917 bits per heavy atom. The molecular weight excluding hydrogens is 176 g/mol. The molecule has 0 spiro atoms. The smallest absolute Gasteiger partial charge is 1.00 e. The predicted molar refractivity (Wildman–Crippen MR) is 57.8 cm³/mol. The van der Waals surface area contributed by atoms with Crippen LogP contribution in [-0.2, 0) is 4.74 Å². The van der Waals surface area contributed by atoms with E-state index in [1.54, 1.807) is 7.11 Å². The third-order valence-corrected chi connectivity index (χ3v) is 1.95. The van der Waals surface area contributed by atoms with Crippen LogP contribution < -0.4 is 0 Å². The monoisotopic (exact) mass is 200 g/mol. The van der Waals surface area contributed by atoms with Crippen molar-refractivity contribution in [1.29, 1.82) is 0 Å². The molecule has 0 aromatic rings. The molecule has 0 radical (unpaired) electrons. The van der Waals surface area contributed by atoms with Crippen LogP contribution in [0.3, 0.4) is 0 Å². The fourth-order valence-corrected chi connectivity index (χ4v) is 1.20. The molecule has 0 N–H and O–H groups in total. The number of ether oxygens (including phenoxy) is 1. The van der Waals surface area contributed by atoms with Crippen LogP contribution in [0.25, 0.3) is 0 Å². The quantitative estimate of drug-likeness (QED) is 0.432. The van der Waals surface area contributed by atoms with Crippen molar-refractivity contribution in [3.8, 4) is 0 Å². The van der Waals surface area contributed by atoms with Crippen LogP contribution >= 0.6 is 0 Å². The third kappa shape index (κ3) is 13.8. The number of hydrogen-bond donors (Lipinski definition) is 0. The maximum Gasteiger partial charge on any atom is 2.00 e. The van der Waals surface area contributed by atoms with Crippen molar-refractivity contribution in [2.24, 2.45) is 0 Å². The molecule has 72 valence electrons. The number of hydrogen-bond acceptors (Lipinski definition) is 1. The first-order valence-corrected chi connectivity index (χ1v) is 4.90. The number of rotatable bonds is 8. The van der Waals surface area contributed by atoms with Gasteiger partial charge in [0.15, 0.2) is 0 Å². The summed E-state index contributed by atoms with van der Waals surface area (Å²) in [4.78, 5) is 0. The minimum Gasteiger partial charge on any atom is -1.00 e. The van der Waals surface area contributed by atoms with Crippen molar-refractivity contribution < 1.29 is 7.59 Å². The summed E-state index contributed by atoms with van der Waals surface area (Å²) in [5.74, 6) is 0. The van der Waals surface area contributed by atoms with E-state index in [-0.39, 0.29) is 40.6 Å². The fraction of sp³-hybridized carbons (Fsp3) is 1.00. The zero-order valence-corrected chi connectivity index (χ0v) is 11.0. The van der Waals surface area contributed by atoms with E-state index in [0.29, 0.717) is 0 Å². The first kappa shape index (κ1) is 15.7. The molecule has 0 saturated carbocycles. The van der Waals surface area contributed by atoms with Crippen LogP contribution in [0.15, 0.2) is 0 Å². The molecule has 12 heavy (non-hydrogen) atoms. The molecule has 0 unspecified atom stereocenters. The summed E-state index contributed by atoms with van der Waals surface area (Å²) in [7, 11) is 1.77. The SMILES string of the molecule is CCCCCCCCCOC.[Ca+2].[H-].[H-]. The van der Waals surface area contributed by atoms with Crippen molar-refractivity contribution in [1.82, 2.24) is 0 Å². The second-order valence-corrected chi connectivity index (χ2v) is 3.11. The van der Waals surface area contributed by atoms with Gasteiger partial charge in [-0.2, -0.15) is 0 Å². The minimum absolute atomic E-state index is 0. The van der Waals surface area contributed by atoms with Crippen molar-refractivity contribution in [3.05, 3.63) is 0 Å². The Hall–Kier alpha value is 1.22. The van der Waals surface area contributed by atoms with Gasteiger partial charge in [-0.05, 0) is 6.42 Å². The van der Waals surface area contributed by atoms with Crippen molar-refractivity contribution >= 4 is 37.7 Å². The van der Waals surface area contributed by atoms with Crippen LogP contribution in [0.5, 0.6) is 0 Å². The second kappa shape index (κ2) is 14.7. The zero-order valence-electron chi connectivity index (χ0n) is 10.8. The molecule has 0 aliphatic rings. The van der Waals surface area contributed by atoms with E-state index < -0.39 is 0 Å². The van der Waals surface area contributed by atoms with Crippen molar-refractivity contribution in [2.45, 2.75) is 51.9 Å². The van der Waals surface area contributed by atoms with Gasteiger partial charge in [0.1, 0.15) is 0 Å². The molecule has 0 amide bonds. The van der Waals surface area contributed by atoms with Gasteiger partial charge in [0, 0.05) is 13.7 Å². The normalized spacial score (nSPS) is 9.50. The standard InChI is InChI=1S/C10H22O.Ca.2H/c1-3-4-5-6-7-8-9-10-11-2;;;/h3-10H2,1-2H3;;;/q;+2;2*-1. The second-order valence-electron chi connectivity index (χ2n) is 3.11. The Bertz CT molecular complexity index is 67.1. The van der Waals surface area contributed by atoms with Gasteiger partial charge in [0.25, 0.3) is 0 Å². The maximum absolute atomic E-state index is 4.97. The summed E-state index contributed by atoms with van der Waals surface area (Å²) >= 11 is 0. The van der Waals surface area contributed by atoms with Gasteiger partial charge in [0.2, 0.25) is 0 Å². The van der Waals surface area contributed by atoms with Crippen LogP contribution in [0.1, 0.15) is 54.7 Å². The predicted octanol–water partition coefficient (Wildman–Crippen LogP) is 3.23. The van der Waals surface area contributed by atoms with Crippen LogP contribution in [-0.4, -0.2) is 51.5 Å². The Balaban J connectivity index is -0.000000167. The molecule has 0 aliphatic carbocycles. The van der Waals surface area contributed by atoms with E-state index in [0.717, 1.165) is 6.61 Å². The summed E-state index contributed by atoms with van der Waals surface area (Å²) in [6, 6.07) is 0. The molecule has 0 aromatic carbocycles. The molecule has 0 fully saturated rings. The average molecular weight is 200 g/mol. The Labute approximate surface area is 110 Å². The van der Waals surface area contributed by atoms with E-state index in [4.69, 9.17) is 4.74 Å². The summed E-state index contributed by atoms with van der Waals surface area (Å²) in [5.41, 5.74) is 0. The largest absolute Gasteiger partial charge is 2.00 e. The van der Waals surface area contributed by atoms with Crippen LogP contribution in [0.4, 0.5) is 0 Å².